The number of Topliss-reactive ketones (excluding diaryl/α,β-unsaturated/α-hetero) is 1. The van der Waals surface area contributed by atoms with Gasteiger partial charge in [0.15, 0.2) is 0 Å². The number of rotatable bonds is 6. The lowest BCUT2D eigenvalue weighted by Gasteiger charge is -2.25. The number of hydrogen-bond acceptors (Lipinski definition) is 5. The van der Waals surface area contributed by atoms with Crippen LogP contribution in [0.5, 0.6) is 0 Å². The van der Waals surface area contributed by atoms with Gasteiger partial charge in [0.2, 0.25) is 0 Å². The molecule has 30 heavy (non-hydrogen) atoms. The zero-order valence-corrected chi connectivity index (χ0v) is 17.1. The van der Waals surface area contributed by atoms with E-state index in [1.54, 1.807) is 24.3 Å². The minimum atomic E-state index is -0.813. The van der Waals surface area contributed by atoms with E-state index in [1.165, 1.54) is 29.2 Å². The van der Waals surface area contributed by atoms with Crippen LogP contribution < -0.4 is 4.90 Å². The van der Waals surface area contributed by atoms with Crippen LogP contribution in [-0.2, 0) is 9.59 Å². The van der Waals surface area contributed by atoms with Crippen LogP contribution in [0.3, 0.4) is 0 Å². The maximum absolute atomic E-state index is 12.9. The molecular weight excluding hydrogens is 386 g/mol. The first-order chi connectivity index (χ1) is 14.2. The Morgan fingerprint density at radius 3 is 2.23 bits per heavy atom. The number of ketones is 1. The molecule has 0 saturated carbocycles. The van der Waals surface area contributed by atoms with Gasteiger partial charge < -0.3 is 14.9 Å². The number of carbonyl (C=O) groups is 2. The molecule has 1 fully saturated rings. The van der Waals surface area contributed by atoms with Gasteiger partial charge in [-0.2, -0.15) is 0 Å². The van der Waals surface area contributed by atoms with Crippen LogP contribution >= 0.6 is 0 Å². The topological polar surface area (TPSA) is 105 Å². The summed E-state index contributed by atoms with van der Waals surface area (Å²) in [4.78, 5) is 38.7. The lowest BCUT2D eigenvalue weighted by Crippen LogP contribution is -3.06. The number of aliphatic hydroxyl groups excluding tert-OH is 1. The molecule has 8 nitrogen and oxygen atoms in total. The average molecular weight is 410 g/mol. The van der Waals surface area contributed by atoms with Crippen LogP contribution in [0.15, 0.2) is 54.1 Å². The molecule has 2 aromatic rings. The van der Waals surface area contributed by atoms with Crippen molar-refractivity contribution in [3.63, 3.8) is 0 Å². The second-order valence-corrected chi connectivity index (χ2v) is 7.66. The molecule has 1 heterocycles. The lowest BCUT2D eigenvalue weighted by atomic mass is 9.95. The number of benzene rings is 2. The van der Waals surface area contributed by atoms with E-state index in [9.17, 15) is 24.8 Å². The van der Waals surface area contributed by atoms with Gasteiger partial charge in [0.05, 0.1) is 43.7 Å². The minimum absolute atomic E-state index is 0.00791. The number of quaternary nitrogens is 1. The smallest absolute Gasteiger partial charge is 0.295 e. The molecular formula is C22H24N3O5+. The highest BCUT2D eigenvalue weighted by Gasteiger charge is 2.46. The third-order valence-corrected chi connectivity index (χ3v) is 5.14. The summed E-state index contributed by atoms with van der Waals surface area (Å²) in [5, 5.41) is 21.9. The first kappa shape index (κ1) is 21.2. The summed E-state index contributed by atoms with van der Waals surface area (Å²) in [6.07, 6.45) is 0. The van der Waals surface area contributed by atoms with E-state index in [0.29, 0.717) is 24.2 Å². The van der Waals surface area contributed by atoms with E-state index >= 15 is 0 Å². The second kappa shape index (κ2) is 8.46. The molecule has 1 amide bonds. The number of nitrogens with zero attached hydrogens (tertiary/aromatic N) is 2. The van der Waals surface area contributed by atoms with Crippen molar-refractivity contribution < 1.29 is 24.5 Å². The molecule has 0 unspecified atom stereocenters. The highest BCUT2D eigenvalue weighted by Crippen LogP contribution is 2.39. The molecule has 3 rings (SSSR count). The number of nitrogens with one attached hydrogen (secondary N) is 1. The molecule has 1 atom stereocenters. The van der Waals surface area contributed by atoms with E-state index in [0.717, 1.165) is 10.5 Å². The van der Waals surface area contributed by atoms with Crippen molar-refractivity contribution in [1.29, 1.82) is 0 Å². The fraction of sp³-hybridized carbons (Fsp3) is 0.273. The number of nitro benzene ring substituents is 1. The van der Waals surface area contributed by atoms with E-state index in [1.807, 2.05) is 21.0 Å². The van der Waals surface area contributed by atoms with E-state index in [-0.39, 0.29) is 17.0 Å². The Labute approximate surface area is 174 Å². The van der Waals surface area contributed by atoms with E-state index in [4.69, 9.17) is 0 Å². The van der Waals surface area contributed by atoms with Crippen LogP contribution in [0.4, 0.5) is 5.69 Å². The molecule has 2 aromatic carbocycles. The number of non-ortho nitro benzene ring substituents is 1. The molecule has 0 radical (unpaired) electrons. The number of carbonyl (C=O) groups excluding carboxylic acids is 2. The number of amides is 1. The van der Waals surface area contributed by atoms with Crippen molar-refractivity contribution in [2.24, 2.45) is 0 Å². The second-order valence-electron chi connectivity index (χ2n) is 7.66. The van der Waals surface area contributed by atoms with Gasteiger partial charge in [-0.25, -0.2) is 0 Å². The minimum Gasteiger partial charge on any atom is -0.507 e. The molecule has 0 spiro atoms. The van der Waals surface area contributed by atoms with Crippen molar-refractivity contribution in [1.82, 2.24) is 4.90 Å². The summed E-state index contributed by atoms with van der Waals surface area (Å²) in [6.45, 7) is 2.81. The van der Waals surface area contributed by atoms with Gasteiger partial charge in [-0.1, -0.05) is 29.8 Å². The van der Waals surface area contributed by atoms with Gasteiger partial charge in [-0.3, -0.25) is 19.7 Å². The number of nitro groups is 1. The largest absolute Gasteiger partial charge is 0.507 e. The van der Waals surface area contributed by atoms with Crippen LogP contribution in [0.25, 0.3) is 5.76 Å². The number of aliphatic hydroxyl groups is 1. The predicted octanol–water partition coefficient (Wildman–Crippen LogP) is 1.47. The predicted molar refractivity (Wildman–Crippen MR) is 111 cm³/mol. The summed E-state index contributed by atoms with van der Waals surface area (Å²) in [7, 11) is 3.87. The Morgan fingerprint density at radius 1 is 1.10 bits per heavy atom. The van der Waals surface area contributed by atoms with Crippen LogP contribution in [-0.4, -0.2) is 53.8 Å². The van der Waals surface area contributed by atoms with Crippen LogP contribution in [0.1, 0.15) is 22.7 Å². The van der Waals surface area contributed by atoms with Gasteiger partial charge in [-0.05, 0) is 24.6 Å². The molecule has 2 N–H and O–H groups in total. The number of hydrogen-bond donors (Lipinski definition) is 2. The molecule has 0 bridgehead atoms. The van der Waals surface area contributed by atoms with Crippen LogP contribution in [0, 0.1) is 17.0 Å². The van der Waals surface area contributed by atoms with Crippen molar-refractivity contribution in [3.8, 4) is 0 Å². The zero-order chi connectivity index (χ0) is 22.0. The Morgan fingerprint density at radius 2 is 1.70 bits per heavy atom. The summed E-state index contributed by atoms with van der Waals surface area (Å²) >= 11 is 0. The maximum atomic E-state index is 12.9. The zero-order valence-electron chi connectivity index (χ0n) is 17.1. The highest BCUT2D eigenvalue weighted by atomic mass is 16.6. The Hall–Kier alpha value is -3.52. The summed E-state index contributed by atoms with van der Waals surface area (Å²) in [6, 6.07) is 11.9. The highest BCUT2D eigenvalue weighted by molar-refractivity contribution is 6.46. The Balaban J connectivity index is 2.13. The van der Waals surface area contributed by atoms with Gasteiger partial charge in [-0.15, -0.1) is 0 Å². The van der Waals surface area contributed by atoms with Gasteiger partial charge >= 0.3 is 0 Å². The van der Waals surface area contributed by atoms with Crippen molar-refractivity contribution in [3.05, 3.63) is 80.9 Å². The van der Waals surface area contributed by atoms with Crippen molar-refractivity contribution >= 4 is 23.1 Å². The fourth-order valence-corrected chi connectivity index (χ4v) is 3.45. The molecule has 1 saturated heterocycles. The Bertz CT molecular complexity index is 1010. The monoisotopic (exact) mass is 410 g/mol. The molecule has 1 aliphatic heterocycles. The summed E-state index contributed by atoms with van der Waals surface area (Å²) < 4.78 is 0. The third-order valence-electron chi connectivity index (χ3n) is 5.14. The molecule has 156 valence electrons. The first-order valence-electron chi connectivity index (χ1n) is 9.59. The summed E-state index contributed by atoms with van der Waals surface area (Å²) in [5.74, 6) is -1.70. The number of likely N-dealkylation sites (N-methyl/N-ethyl adjacent to an activating group) is 1. The van der Waals surface area contributed by atoms with E-state index < -0.39 is 22.7 Å². The molecule has 8 heteroatoms. The van der Waals surface area contributed by atoms with Crippen molar-refractivity contribution in [2.75, 3.05) is 27.2 Å². The fourth-order valence-electron chi connectivity index (χ4n) is 3.45. The Kier molecular flexibility index (Phi) is 5.98. The quantitative estimate of drug-likeness (QED) is 0.247. The molecule has 1 aliphatic rings. The molecule has 0 aliphatic carbocycles. The first-order valence-corrected chi connectivity index (χ1v) is 9.59. The molecule has 0 aromatic heterocycles. The van der Waals surface area contributed by atoms with E-state index in [2.05, 4.69) is 0 Å². The average Bonchev–Trinajstić information content (AvgIpc) is 2.97. The van der Waals surface area contributed by atoms with Gasteiger partial charge in [0.25, 0.3) is 17.4 Å². The third kappa shape index (κ3) is 4.08. The summed E-state index contributed by atoms with van der Waals surface area (Å²) in [5.41, 5.74) is 1.86. The van der Waals surface area contributed by atoms with Gasteiger partial charge in [0, 0.05) is 17.7 Å². The van der Waals surface area contributed by atoms with Crippen LogP contribution in [0.2, 0.25) is 0 Å². The van der Waals surface area contributed by atoms with Crippen molar-refractivity contribution in [2.45, 2.75) is 13.0 Å². The number of likely N-dealkylation sites (tertiary alicyclic amines) is 1. The maximum Gasteiger partial charge on any atom is 0.295 e. The number of aryl methyl sites for hydroxylation is 1. The van der Waals surface area contributed by atoms with Gasteiger partial charge in [0.1, 0.15) is 5.76 Å². The SMILES string of the molecule is Cc1ccc(C(O)=C2C(=O)C(=O)N(CC[NH+](C)C)[C@H]2c2ccc([N+](=O)[O-])cc2)cc1. The lowest BCUT2D eigenvalue weighted by molar-refractivity contribution is -0.857. The standard InChI is InChI=1S/C22H23N3O5/c1-14-4-6-16(7-5-14)20(26)18-19(15-8-10-17(11-9-15)25(29)30)24(13-12-23(2)3)22(28)21(18)27/h4-11,19,26H,12-13H2,1-3H3/p+1/t19-/m0/s1. The normalized spacial score (nSPS) is 18.3.